The topological polar surface area (TPSA) is 88.2 Å². The van der Waals surface area contributed by atoms with Gasteiger partial charge in [-0.05, 0) is 55.8 Å². The molecule has 0 aromatic heterocycles. The van der Waals surface area contributed by atoms with Gasteiger partial charge in [0.05, 0.1) is 31.9 Å². The van der Waals surface area contributed by atoms with Gasteiger partial charge in [0.2, 0.25) is 5.91 Å². The number of rotatable bonds is 6. The standard InChI is InChI=1S/C24H29N3O5/c1-16-5-6-19(24(30)32-4)13-21(16)25-22(28)15-26-11-12-27(14-17(26)2)20-9-7-18(8-10-20)23(29)31-3/h5-10,13,17H,11-12,14-15H2,1-4H3,(H,25,28). The van der Waals surface area contributed by atoms with E-state index in [1.54, 1.807) is 30.3 Å². The Bertz CT molecular complexity index is 990. The summed E-state index contributed by atoms with van der Waals surface area (Å²) in [5, 5.41) is 2.92. The summed E-state index contributed by atoms with van der Waals surface area (Å²) in [5.74, 6) is -0.921. The summed E-state index contributed by atoms with van der Waals surface area (Å²) in [7, 11) is 2.69. The zero-order valence-electron chi connectivity index (χ0n) is 18.9. The molecule has 0 radical (unpaired) electrons. The second-order valence-corrected chi connectivity index (χ2v) is 7.87. The molecular weight excluding hydrogens is 410 g/mol. The number of carbonyl (C=O) groups is 3. The van der Waals surface area contributed by atoms with Crippen LogP contribution in [0.15, 0.2) is 42.5 Å². The molecule has 1 atom stereocenters. The molecule has 1 N–H and O–H groups in total. The van der Waals surface area contributed by atoms with Crippen molar-refractivity contribution in [3.63, 3.8) is 0 Å². The van der Waals surface area contributed by atoms with Gasteiger partial charge in [0.15, 0.2) is 0 Å². The fourth-order valence-electron chi connectivity index (χ4n) is 3.77. The Hall–Kier alpha value is -3.39. The molecule has 1 aliphatic heterocycles. The molecule has 0 bridgehead atoms. The highest BCUT2D eigenvalue weighted by molar-refractivity contribution is 5.96. The largest absolute Gasteiger partial charge is 0.465 e. The lowest BCUT2D eigenvalue weighted by Crippen LogP contribution is -2.53. The molecule has 8 nitrogen and oxygen atoms in total. The summed E-state index contributed by atoms with van der Waals surface area (Å²) in [5.41, 5.74) is 3.43. The van der Waals surface area contributed by atoms with Crippen molar-refractivity contribution >= 4 is 29.2 Å². The highest BCUT2D eigenvalue weighted by Gasteiger charge is 2.26. The third kappa shape index (κ3) is 5.45. The first kappa shape index (κ1) is 23.3. The molecule has 1 heterocycles. The molecule has 1 amide bonds. The van der Waals surface area contributed by atoms with Crippen molar-refractivity contribution in [2.24, 2.45) is 0 Å². The van der Waals surface area contributed by atoms with Crippen LogP contribution in [0.2, 0.25) is 0 Å². The third-order valence-electron chi connectivity index (χ3n) is 5.70. The number of nitrogens with one attached hydrogen (secondary N) is 1. The summed E-state index contributed by atoms with van der Waals surface area (Å²) in [6.45, 7) is 6.50. The van der Waals surface area contributed by atoms with E-state index in [4.69, 9.17) is 9.47 Å². The van der Waals surface area contributed by atoms with Crippen LogP contribution in [-0.4, -0.2) is 69.2 Å². The Morgan fingerprint density at radius 3 is 2.22 bits per heavy atom. The van der Waals surface area contributed by atoms with E-state index in [1.807, 2.05) is 19.1 Å². The monoisotopic (exact) mass is 439 g/mol. The van der Waals surface area contributed by atoms with Crippen LogP contribution < -0.4 is 10.2 Å². The van der Waals surface area contributed by atoms with E-state index in [1.165, 1.54) is 14.2 Å². The van der Waals surface area contributed by atoms with Gasteiger partial charge in [-0.3, -0.25) is 9.69 Å². The van der Waals surface area contributed by atoms with Gasteiger partial charge in [-0.1, -0.05) is 6.07 Å². The molecule has 1 saturated heterocycles. The number of ether oxygens (including phenoxy) is 2. The molecule has 3 rings (SSSR count). The number of esters is 2. The first-order valence-electron chi connectivity index (χ1n) is 10.5. The number of hydrogen-bond acceptors (Lipinski definition) is 7. The Kier molecular flexibility index (Phi) is 7.48. The molecule has 170 valence electrons. The lowest BCUT2D eigenvalue weighted by Gasteiger charge is -2.40. The van der Waals surface area contributed by atoms with Gasteiger partial charge in [-0.2, -0.15) is 0 Å². The van der Waals surface area contributed by atoms with Gasteiger partial charge < -0.3 is 19.7 Å². The minimum Gasteiger partial charge on any atom is -0.465 e. The number of piperazine rings is 1. The maximum absolute atomic E-state index is 12.7. The van der Waals surface area contributed by atoms with Crippen LogP contribution in [0.3, 0.4) is 0 Å². The van der Waals surface area contributed by atoms with Gasteiger partial charge in [-0.15, -0.1) is 0 Å². The van der Waals surface area contributed by atoms with Crippen LogP contribution in [0.4, 0.5) is 11.4 Å². The predicted octanol–water partition coefficient (Wildman–Crippen LogP) is 2.72. The van der Waals surface area contributed by atoms with Crippen molar-refractivity contribution in [3.8, 4) is 0 Å². The lowest BCUT2D eigenvalue weighted by atomic mass is 10.1. The number of nitrogens with zero attached hydrogens (tertiary/aromatic N) is 2. The minimum absolute atomic E-state index is 0.127. The van der Waals surface area contributed by atoms with Crippen molar-refractivity contribution in [1.29, 1.82) is 0 Å². The van der Waals surface area contributed by atoms with Gasteiger partial charge in [0.25, 0.3) is 0 Å². The smallest absolute Gasteiger partial charge is 0.337 e. The fraction of sp³-hybridized carbons (Fsp3) is 0.375. The number of hydrogen-bond donors (Lipinski definition) is 1. The molecule has 1 aliphatic rings. The predicted molar refractivity (Wildman–Crippen MR) is 122 cm³/mol. The number of benzene rings is 2. The van der Waals surface area contributed by atoms with E-state index in [0.717, 1.165) is 30.9 Å². The van der Waals surface area contributed by atoms with E-state index >= 15 is 0 Å². The molecule has 0 saturated carbocycles. The average Bonchev–Trinajstić information content (AvgIpc) is 2.80. The molecule has 2 aromatic carbocycles. The Labute approximate surface area is 188 Å². The average molecular weight is 440 g/mol. The Morgan fingerprint density at radius 2 is 1.59 bits per heavy atom. The van der Waals surface area contributed by atoms with E-state index < -0.39 is 5.97 Å². The first-order valence-corrected chi connectivity index (χ1v) is 10.5. The summed E-state index contributed by atoms with van der Waals surface area (Å²) in [4.78, 5) is 40.4. The van der Waals surface area contributed by atoms with E-state index in [9.17, 15) is 14.4 Å². The third-order valence-corrected chi connectivity index (χ3v) is 5.70. The van der Waals surface area contributed by atoms with Gasteiger partial charge in [0, 0.05) is 37.1 Å². The zero-order valence-corrected chi connectivity index (χ0v) is 18.9. The van der Waals surface area contributed by atoms with E-state index in [0.29, 0.717) is 16.8 Å². The molecule has 1 unspecified atom stereocenters. The molecule has 0 aliphatic carbocycles. The van der Waals surface area contributed by atoms with Crippen molar-refractivity contribution in [1.82, 2.24) is 4.90 Å². The van der Waals surface area contributed by atoms with Crippen LogP contribution in [0.5, 0.6) is 0 Å². The molecule has 8 heteroatoms. The summed E-state index contributed by atoms with van der Waals surface area (Å²) >= 11 is 0. The van der Waals surface area contributed by atoms with Crippen LogP contribution in [0.25, 0.3) is 0 Å². The van der Waals surface area contributed by atoms with E-state index in [-0.39, 0.29) is 24.5 Å². The number of amides is 1. The van der Waals surface area contributed by atoms with Gasteiger partial charge in [-0.25, -0.2) is 9.59 Å². The Morgan fingerprint density at radius 1 is 0.969 bits per heavy atom. The van der Waals surface area contributed by atoms with Crippen molar-refractivity contribution in [2.45, 2.75) is 19.9 Å². The molecule has 2 aromatic rings. The van der Waals surface area contributed by atoms with Crippen LogP contribution in [-0.2, 0) is 14.3 Å². The Balaban J connectivity index is 1.58. The maximum Gasteiger partial charge on any atom is 0.337 e. The van der Waals surface area contributed by atoms with Crippen LogP contribution in [0.1, 0.15) is 33.2 Å². The number of methoxy groups -OCH3 is 2. The maximum atomic E-state index is 12.7. The first-order chi connectivity index (χ1) is 15.3. The lowest BCUT2D eigenvalue weighted by molar-refractivity contribution is -0.117. The van der Waals surface area contributed by atoms with Crippen molar-refractivity contribution in [2.75, 3.05) is 50.6 Å². The summed E-state index contributed by atoms with van der Waals surface area (Å²) in [6.07, 6.45) is 0. The second-order valence-electron chi connectivity index (χ2n) is 7.87. The molecule has 0 spiro atoms. The normalized spacial score (nSPS) is 16.4. The highest BCUT2D eigenvalue weighted by atomic mass is 16.5. The second kappa shape index (κ2) is 10.3. The zero-order chi connectivity index (χ0) is 23.3. The number of aryl methyl sites for hydroxylation is 1. The highest BCUT2D eigenvalue weighted by Crippen LogP contribution is 2.21. The number of carbonyl (C=O) groups excluding carboxylic acids is 3. The van der Waals surface area contributed by atoms with E-state index in [2.05, 4.69) is 22.0 Å². The van der Waals surface area contributed by atoms with Crippen LogP contribution in [0, 0.1) is 6.92 Å². The van der Waals surface area contributed by atoms with Gasteiger partial charge in [0.1, 0.15) is 0 Å². The van der Waals surface area contributed by atoms with Crippen LogP contribution >= 0.6 is 0 Å². The SMILES string of the molecule is COC(=O)c1ccc(N2CCN(CC(=O)Nc3cc(C(=O)OC)ccc3C)C(C)C2)cc1. The molecule has 1 fully saturated rings. The summed E-state index contributed by atoms with van der Waals surface area (Å²) < 4.78 is 9.50. The fourth-order valence-corrected chi connectivity index (χ4v) is 3.77. The van der Waals surface area contributed by atoms with Crippen molar-refractivity contribution < 1.29 is 23.9 Å². The van der Waals surface area contributed by atoms with Gasteiger partial charge >= 0.3 is 11.9 Å². The molecular formula is C24H29N3O5. The number of anilines is 2. The quantitative estimate of drug-likeness (QED) is 0.693. The molecule has 32 heavy (non-hydrogen) atoms. The minimum atomic E-state index is -0.440. The summed E-state index contributed by atoms with van der Waals surface area (Å²) in [6, 6.07) is 12.6. The van der Waals surface area contributed by atoms with Crippen molar-refractivity contribution in [3.05, 3.63) is 59.2 Å².